The molecule has 1 fully saturated rings. The molecule has 1 aromatic rings. The number of nitrogens with two attached hydrogens (primary N) is 1. The van der Waals surface area contributed by atoms with Gasteiger partial charge in [0.25, 0.3) is 5.69 Å². The number of anilines is 1. The molecular weight excluding hydrogens is 290 g/mol. The summed E-state index contributed by atoms with van der Waals surface area (Å²) >= 11 is 5.91. The molecule has 0 aliphatic heterocycles. The number of hydrogen-bond acceptors (Lipinski definition) is 4. The van der Waals surface area contributed by atoms with E-state index in [0.717, 1.165) is 25.8 Å². The predicted octanol–water partition coefficient (Wildman–Crippen LogP) is 3.59. The monoisotopic (exact) mass is 311 g/mol. The smallest absolute Gasteiger partial charge is 0.294 e. The first-order valence-electron chi connectivity index (χ1n) is 7.49. The highest BCUT2D eigenvalue weighted by molar-refractivity contribution is 6.30. The summed E-state index contributed by atoms with van der Waals surface area (Å²) in [6.45, 7) is 3.38. The Balaban J connectivity index is 2.38. The summed E-state index contributed by atoms with van der Waals surface area (Å²) < 4.78 is 0. The summed E-state index contributed by atoms with van der Waals surface area (Å²) in [7, 11) is 0. The topological polar surface area (TPSA) is 72.4 Å². The Labute approximate surface area is 130 Å². The van der Waals surface area contributed by atoms with Gasteiger partial charge >= 0.3 is 0 Å². The minimum atomic E-state index is -0.357. The van der Waals surface area contributed by atoms with Crippen LogP contribution in [0, 0.1) is 16.0 Å². The minimum absolute atomic E-state index is 0.0747. The molecule has 21 heavy (non-hydrogen) atoms. The summed E-state index contributed by atoms with van der Waals surface area (Å²) in [6.07, 6.45) is 4.48. The van der Waals surface area contributed by atoms with Crippen LogP contribution < -0.4 is 10.6 Å². The van der Waals surface area contributed by atoms with Gasteiger partial charge in [-0.25, -0.2) is 0 Å². The second kappa shape index (κ2) is 7.09. The molecule has 2 unspecified atom stereocenters. The third kappa shape index (κ3) is 3.47. The van der Waals surface area contributed by atoms with Crippen molar-refractivity contribution in [2.24, 2.45) is 11.7 Å². The number of hydrogen-bond donors (Lipinski definition) is 1. The fourth-order valence-electron chi connectivity index (χ4n) is 3.34. The van der Waals surface area contributed by atoms with Gasteiger partial charge in [-0.2, -0.15) is 0 Å². The number of benzene rings is 1. The predicted molar refractivity (Wildman–Crippen MR) is 85.9 cm³/mol. The molecule has 1 aromatic carbocycles. The Morgan fingerprint density at radius 1 is 1.43 bits per heavy atom. The summed E-state index contributed by atoms with van der Waals surface area (Å²) in [5.41, 5.74) is 6.63. The fraction of sp³-hybridized carbons (Fsp3) is 0.600. The second-order valence-electron chi connectivity index (χ2n) is 5.52. The highest BCUT2D eigenvalue weighted by Crippen LogP contribution is 2.37. The first-order chi connectivity index (χ1) is 10.1. The Kier molecular flexibility index (Phi) is 5.42. The van der Waals surface area contributed by atoms with Crippen molar-refractivity contribution in [2.45, 2.75) is 38.6 Å². The van der Waals surface area contributed by atoms with E-state index in [1.807, 2.05) is 6.92 Å². The Bertz CT molecular complexity index is 510. The molecule has 6 heteroatoms. The normalized spacial score (nSPS) is 22.0. The highest BCUT2D eigenvalue weighted by Gasteiger charge is 2.31. The van der Waals surface area contributed by atoms with Gasteiger partial charge in [-0.15, -0.1) is 0 Å². The lowest BCUT2D eigenvalue weighted by atomic mass is 9.83. The van der Waals surface area contributed by atoms with E-state index in [4.69, 9.17) is 17.3 Å². The van der Waals surface area contributed by atoms with Crippen molar-refractivity contribution < 1.29 is 4.92 Å². The maximum Gasteiger partial charge on any atom is 0.294 e. The van der Waals surface area contributed by atoms with Crippen molar-refractivity contribution in [3.8, 4) is 0 Å². The van der Waals surface area contributed by atoms with Gasteiger partial charge in [0.1, 0.15) is 5.69 Å². The molecule has 5 nitrogen and oxygen atoms in total. The molecule has 0 aromatic heterocycles. The van der Waals surface area contributed by atoms with Crippen LogP contribution in [-0.2, 0) is 0 Å². The van der Waals surface area contributed by atoms with Crippen LogP contribution in [0.3, 0.4) is 0 Å². The summed E-state index contributed by atoms with van der Waals surface area (Å²) in [6, 6.07) is 5.17. The number of nitrogens with zero attached hydrogens (tertiary/aromatic N) is 2. The first-order valence-corrected chi connectivity index (χ1v) is 7.87. The molecule has 0 radical (unpaired) electrons. The van der Waals surface area contributed by atoms with Gasteiger partial charge in [0.05, 0.1) is 4.92 Å². The molecule has 2 rings (SSSR count). The lowest BCUT2D eigenvalue weighted by Gasteiger charge is -2.40. The van der Waals surface area contributed by atoms with E-state index >= 15 is 0 Å². The van der Waals surface area contributed by atoms with Crippen LogP contribution in [0.4, 0.5) is 11.4 Å². The zero-order valence-electron chi connectivity index (χ0n) is 12.3. The van der Waals surface area contributed by atoms with E-state index in [1.54, 1.807) is 12.1 Å². The van der Waals surface area contributed by atoms with Crippen LogP contribution in [-0.4, -0.2) is 24.1 Å². The summed E-state index contributed by atoms with van der Waals surface area (Å²) in [5, 5.41) is 11.7. The molecule has 1 aliphatic carbocycles. The molecule has 0 bridgehead atoms. The standard InChI is InChI=1S/C15H22ClN3O2/c1-2-18(13-6-4-3-5-11(13)10-17)14-8-7-12(16)9-15(14)19(20)21/h7-9,11,13H,2-6,10,17H2,1H3. The van der Waals surface area contributed by atoms with Crippen LogP contribution in [0.2, 0.25) is 5.02 Å². The van der Waals surface area contributed by atoms with Crippen LogP contribution in [0.15, 0.2) is 18.2 Å². The largest absolute Gasteiger partial charge is 0.363 e. The molecule has 2 atom stereocenters. The number of nitro benzene ring substituents is 1. The Hall–Kier alpha value is -1.33. The van der Waals surface area contributed by atoms with Crippen molar-refractivity contribution in [1.82, 2.24) is 0 Å². The van der Waals surface area contributed by atoms with Crippen molar-refractivity contribution in [2.75, 3.05) is 18.0 Å². The number of nitro groups is 1. The van der Waals surface area contributed by atoms with E-state index in [9.17, 15) is 10.1 Å². The van der Waals surface area contributed by atoms with Crippen molar-refractivity contribution >= 4 is 23.0 Å². The summed E-state index contributed by atoms with van der Waals surface area (Å²) in [5.74, 6) is 0.397. The highest BCUT2D eigenvalue weighted by atomic mass is 35.5. The van der Waals surface area contributed by atoms with E-state index in [1.165, 1.54) is 12.5 Å². The average Bonchev–Trinajstić information content (AvgIpc) is 2.49. The molecule has 0 heterocycles. The van der Waals surface area contributed by atoms with Gasteiger partial charge < -0.3 is 10.6 Å². The van der Waals surface area contributed by atoms with Gasteiger partial charge in [-0.05, 0) is 44.4 Å². The number of halogens is 1. The van der Waals surface area contributed by atoms with Crippen LogP contribution in [0.25, 0.3) is 0 Å². The molecule has 0 saturated heterocycles. The van der Waals surface area contributed by atoms with Gasteiger partial charge in [-0.3, -0.25) is 10.1 Å². The zero-order chi connectivity index (χ0) is 15.4. The van der Waals surface area contributed by atoms with Gasteiger partial charge in [0, 0.05) is 23.7 Å². The fourth-order valence-corrected chi connectivity index (χ4v) is 3.51. The molecule has 116 valence electrons. The van der Waals surface area contributed by atoms with E-state index in [0.29, 0.717) is 23.2 Å². The van der Waals surface area contributed by atoms with Crippen LogP contribution >= 0.6 is 11.6 Å². The van der Waals surface area contributed by atoms with Crippen molar-refractivity contribution in [3.05, 3.63) is 33.3 Å². The lowest BCUT2D eigenvalue weighted by Crippen LogP contribution is -2.45. The first kappa shape index (κ1) is 16.0. The zero-order valence-corrected chi connectivity index (χ0v) is 13.1. The van der Waals surface area contributed by atoms with Crippen LogP contribution in [0.5, 0.6) is 0 Å². The maximum atomic E-state index is 11.3. The molecule has 0 amide bonds. The van der Waals surface area contributed by atoms with Gasteiger partial charge in [-0.1, -0.05) is 24.4 Å². The molecular formula is C15H22ClN3O2. The minimum Gasteiger partial charge on any atom is -0.363 e. The van der Waals surface area contributed by atoms with E-state index in [-0.39, 0.29) is 16.7 Å². The molecule has 0 spiro atoms. The second-order valence-corrected chi connectivity index (χ2v) is 5.96. The Morgan fingerprint density at radius 2 is 2.14 bits per heavy atom. The third-order valence-electron chi connectivity index (χ3n) is 4.36. The molecule has 2 N–H and O–H groups in total. The van der Waals surface area contributed by atoms with Crippen molar-refractivity contribution in [3.63, 3.8) is 0 Å². The molecule has 1 saturated carbocycles. The van der Waals surface area contributed by atoms with E-state index < -0.39 is 0 Å². The average molecular weight is 312 g/mol. The van der Waals surface area contributed by atoms with Gasteiger partial charge in [0.15, 0.2) is 0 Å². The SMILES string of the molecule is CCN(c1ccc(Cl)cc1[N+](=O)[O-])C1CCCCC1CN. The summed E-state index contributed by atoms with van der Waals surface area (Å²) in [4.78, 5) is 13.1. The molecule has 1 aliphatic rings. The maximum absolute atomic E-state index is 11.3. The number of rotatable bonds is 5. The van der Waals surface area contributed by atoms with Crippen molar-refractivity contribution in [1.29, 1.82) is 0 Å². The van der Waals surface area contributed by atoms with E-state index in [2.05, 4.69) is 4.90 Å². The lowest BCUT2D eigenvalue weighted by molar-refractivity contribution is -0.384. The quantitative estimate of drug-likeness (QED) is 0.666. The third-order valence-corrected chi connectivity index (χ3v) is 4.59. The van der Waals surface area contributed by atoms with Crippen LogP contribution in [0.1, 0.15) is 32.6 Å². The van der Waals surface area contributed by atoms with Gasteiger partial charge in [0.2, 0.25) is 0 Å². The Morgan fingerprint density at radius 3 is 2.76 bits per heavy atom.